The van der Waals surface area contributed by atoms with Crippen LogP contribution >= 0.6 is 0 Å². The van der Waals surface area contributed by atoms with Crippen LogP contribution in [0.4, 0.5) is 0 Å². The lowest BCUT2D eigenvalue weighted by Crippen LogP contribution is -2.26. The third-order valence-corrected chi connectivity index (χ3v) is 3.70. The summed E-state index contributed by atoms with van der Waals surface area (Å²) in [5.74, 6) is 0.897. The average molecular weight is 216 g/mol. The molecule has 0 atom stereocenters. The molecule has 0 aromatic rings. The van der Waals surface area contributed by atoms with E-state index in [-0.39, 0.29) is 0 Å². The van der Waals surface area contributed by atoms with Crippen LogP contribution < -0.4 is 0 Å². The molecule has 0 amide bonds. The lowest BCUT2D eigenvalue weighted by Gasteiger charge is -2.23. The van der Waals surface area contributed by atoms with Crippen LogP contribution in [-0.4, -0.2) is 28.1 Å². The highest BCUT2D eigenvalue weighted by Crippen LogP contribution is 2.20. The normalized spacial score (nSPS) is 19.9. The summed E-state index contributed by atoms with van der Waals surface area (Å²) < 4.78 is 11.2. The quantitative estimate of drug-likeness (QED) is 0.519. The Balaban J connectivity index is 1.97. The van der Waals surface area contributed by atoms with Gasteiger partial charge in [-0.2, -0.15) is 0 Å². The highest BCUT2D eigenvalue weighted by atomic mass is 28.4. The molecule has 0 N–H and O–H groups in total. The molecule has 0 saturated carbocycles. The maximum absolute atomic E-state index is 5.83. The first-order valence-electron chi connectivity index (χ1n) is 5.79. The summed E-state index contributed by atoms with van der Waals surface area (Å²) >= 11 is 0. The fourth-order valence-corrected chi connectivity index (χ4v) is 2.54. The fraction of sp³-hybridized carbons (Fsp3) is 1.00. The molecule has 1 heterocycles. The van der Waals surface area contributed by atoms with Crippen molar-refractivity contribution in [3.63, 3.8) is 0 Å². The number of ether oxygens (including phenoxy) is 1. The first-order chi connectivity index (χ1) is 6.58. The molecule has 0 unspecified atom stereocenters. The smallest absolute Gasteiger partial charge is 0.183 e. The van der Waals surface area contributed by atoms with Crippen molar-refractivity contribution in [2.45, 2.75) is 45.3 Å². The molecule has 0 radical (unpaired) electrons. The molecule has 0 spiro atoms. The van der Waals surface area contributed by atoms with Gasteiger partial charge >= 0.3 is 0 Å². The minimum atomic E-state index is -1.27. The van der Waals surface area contributed by atoms with Gasteiger partial charge in [0.25, 0.3) is 0 Å². The monoisotopic (exact) mass is 216 g/mol. The predicted octanol–water partition coefficient (Wildman–Crippen LogP) is 3.04. The van der Waals surface area contributed by atoms with Crippen molar-refractivity contribution >= 4 is 8.32 Å². The van der Waals surface area contributed by atoms with Crippen LogP contribution in [0.15, 0.2) is 0 Å². The second-order valence-electron chi connectivity index (χ2n) is 5.16. The third-order valence-electron chi connectivity index (χ3n) is 2.63. The molecule has 0 aromatic carbocycles. The second-order valence-corrected chi connectivity index (χ2v) is 9.67. The van der Waals surface area contributed by atoms with Crippen LogP contribution in [-0.2, 0) is 9.16 Å². The van der Waals surface area contributed by atoms with E-state index in [2.05, 4.69) is 19.6 Å². The van der Waals surface area contributed by atoms with E-state index in [4.69, 9.17) is 9.16 Å². The summed E-state index contributed by atoms with van der Waals surface area (Å²) in [6.07, 6.45) is 5.07. The molecule has 14 heavy (non-hydrogen) atoms. The van der Waals surface area contributed by atoms with Gasteiger partial charge < -0.3 is 9.16 Å². The van der Waals surface area contributed by atoms with E-state index in [1.165, 1.54) is 25.7 Å². The number of hydrogen-bond donors (Lipinski definition) is 0. The molecule has 1 rings (SSSR count). The number of hydrogen-bond acceptors (Lipinski definition) is 2. The van der Waals surface area contributed by atoms with Crippen LogP contribution in [0.5, 0.6) is 0 Å². The fourth-order valence-electron chi connectivity index (χ4n) is 1.79. The molecule has 0 aromatic heterocycles. The molecule has 84 valence electrons. The van der Waals surface area contributed by atoms with Crippen molar-refractivity contribution in [1.29, 1.82) is 0 Å². The predicted molar refractivity (Wildman–Crippen MR) is 62.1 cm³/mol. The van der Waals surface area contributed by atoms with E-state index in [9.17, 15) is 0 Å². The summed E-state index contributed by atoms with van der Waals surface area (Å²) in [6, 6.07) is 0. The van der Waals surface area contributed by atoms with E-state index in [0.717, 1.165) is 25.7 Å². The molecule has 0 aliphatic carbocycles. The summed E-state index contributed by atoms with van der Waals surface area (Å²) in [4.78, 5) is 0. The van der Waals surface area contributed by atoms with Crippen LogP contribution in [0, 0.1) is 5.92 Å². The first kappa shape index (κ1) is 12.2. The van der Waals surface area contributed by atoms with Crippen LogP contribution in [0.1, 0.15) is 25.7 Å². The van der Waals surface area contributed by atoms with Gasteiger partial charge in [-0.3, -0.25) is 0 Å². The topological polar surface area (TPSA) is 18.5 Å². The zero-order chi connectivity index (χ0) is 10.4. The van der Waals surface area contributed by atoms with E-state index in [1.807, 2.05) is 0 Å². The molecular formula is C11H24O2Si. The summed E-state index contributed by atoms with van der Waals surface area (Å²) in [6.45, 7) is 9.66. The molecular weight excluding hydrogens is 192 g/mol. The Morgan fingerprint density at radius 1 is 1.21 bits per heavy atom. The summed E-state index contributed by atoms with van der Waals surface area (Å²) in [5, 5.41) is 0. The largest absolute Gasteiger partial charge is 0.418 e. The van der Waals surface area contributed by atoms with Crippen LogP contribution in [0.3, 0.4) is 0 Å². The van der Waals surface area contributed by atoms with Gasteiger partial charge in [-0.15, -0.1) is 0 Å². The van der Waals surface area contributed by atoms with Crippen molar-refractivity contribution in [1.82, 2.24) is 0 Å². The highest BCUT2D eigenvalue weighted by Gasteiger charge is 2.15. The lowest BCUT2D eigenvalue weighted by atomic mass is 9.95. The maximum atomic E-state index is 5.83. The molecule has 2 nitrogen and oxygen atoms in total. The van der Waals surface area contributed by atoms with Crippen molar-refractivity contribution in [3.05, 3.63) is 0 Å². The van der Waals surface area contributed by atoms with Crippen LogP contribution in [0.2, 0.25) is 19.6 Å². The van der Waals surface area contributed by atoms with Crippen molar-refractivity contribution in [2.24, 2.45) is 5.92 Å². The maximum Gasteiger partial charge on any atom is 0.183 e. The van der Waals surface area contributed by atoms with E-state index >= 15 is 0 Å². The van der Waals surface area contributed by atoms with Gasteiger partial charge in [0, 0.05) is 19.8 Å². The zero-order valence-corrected chi connectivity index (χ0v) is 10.8. The average Bonchev–Trinajstić information content (AvgIpc) is 2.13. The van der Waals surface area contributed by atoms with Crippen LogP contribution in [0.25, 0.3) is 0 Å². The van der Waals surface area contributed by atoms with Gasteiger partial charge in [0.15, 0.2) is 8.32 Å². The number of rotatable bonds is 5. The van der Waals surface area contributed by atoms with E-state index < -0.39 is 8.32 Å². The first-order valence-corrected chi connectivity index (χ1v) is 9.20. The van der Waals surface area contributed by atoms with E-state index in [1.54, 1.807) is 0 Å². The van der Waals surface area contributed by atoms with Crippen molar-refractivity contribution in [2.75, 3.05) is 19.8 Å². The standard InChI is InChI=1S/C11H24O2Si/c1-14(2,3)13-8-4-5-11-6-9-12-10-7-11/h11H,4-10H2,1-3H3. The molecule has 1 saturated heterocycles. The molecule has 3 heteroatoms. The minimum absolute atomic E-state index is 0.897. The molecule has 0 bridgehead atoms. The summed E-state index contributed by atoms with van der Waals surface area (Å²) in [5.41, 5.74) is 0. The lowest BCUT2D eigenvalue weighted by molar-refractivity contribution is 0.0619. The minimum Gasteiger partial charge on any atom is -0.418 e. The van der Waals surface area contributed by atoms with Gasteiger partial charge in [-0.05, 0) is 51.2 Å². The SMILES string of the molecule is C[Si](C)(C)OCCCC1CCOCC1. The van der Waals surface area contributed by atoms with Gasteiger partial charge in [-0.25, -0.2) is 0 Å². The molecule has 1 fully saturated rings. The Morgan fingerprint density at radius 2 is 1.86 bits per heavy atom. The Hall–Kier alpha value is 0.137. The molecule has 1 aliphatic heterocycles. The third kappa shape index (κ3) is 5.78. The Bertz CT molecular complexity index is 148. The van der Waals surface area contributed by atoms with Gasteiger partial charge in [0.1, 0.15) is 0 Å². The Kier molecular flexibility index (Phi) is 5.13. The molecule has 1 aliphatic rings. The van der Waals surface area contributed by atoms with Crippen molar-refractivity contribution in [3.8, 4) is 0 Å². The Labute approximate surface area is 89.1 Å². The van der Waals surface area contributed by atoms with Gasteiger partial charge in [0.05, 0.1) is 0 Å². The second kappa shape index (κ2) is 5.88. The van der Waals surface area contributed by atoms with Gasteiger partial charge in [-0.1, -0.05) is 0 Å². The Morgan fingerprint density at radius 3 is 2.43 bits per heavy atom. The zero-order valence-electron chi connectivity index (χ0n) is 9.84. The highest BCUT2D eigenvalue weighted by molar-refractivity contribution is 6.69. The van der Waals surface area contributed by atoms with Gasteiger partial charge in [0.2, 0.25) is 0 Å². The van der Waals surface area contributed by atoms with Crippen molar-refractivity contribution < 1.29 is 9.16 Å². The van der Waals surface area contributed by atoms with E-state index in [0.29, 0.717) is 0 Å². The summed E-state index contributed by atoms with van der Waals surface area (Å²) in [7, 11) is -1.27.